The number of benzene rings is 4. The number of nitrogens with zero attached hydrogens (tertiary/aromatic N) is 5. The van der Waals surface area contributed by atoms with Gasteiger partial charge in [0, 0.05) is 17.7 Å². The molecule has 9 heteroatoms. The van der Waals surface area contributed by atoms with Gasteiger partial charge in [-0.25, -0.2) is 0 Å². The maximum atomic E-state index is 13.3. The molecule has 0 unspecified atom stereocenters. The van der Waals surface area contributed by atoms with Crippen LogP contribution in [-0.4, -0.2) is 49.2 Å². The van der Waals surface area contributed by atoms with Crippen molar-refractivity contribution >= 4 is 16.9 Å². The Morgan fingerprint density at radius 1 is 0.977 bits per heavy atom. The van der Waals surface area contributed by atoms with Crippen LogP contribution < -0.4 is 10.1 Å². The Morgan fingerprint density at radius 3 is 2.44 bits per heavy atom. The third-order valence-electron chi connectivity index (χ3n) is 7.60. The second-order valence-corrected chi connectivity index (χ2v) is 10.6. The van der Waals surface area contributed by atoms with Crippen molar-refractivity contribution in [2.24, 2.45) is 0 Å². The van der Waals surface area contributed by atoms with E-state index >= 15 is 0 Å². The average molecular weight is 572 g/mol. The number of aromatic amines is 1. The van der Waals surface area contributed by atoms with Gasteiger partial charge in [0.1, 0.15) is 0 Å². The summed E-state index contributed by atoms with van der Waals surface area (Å²) in [6.45, 7) is 7.61. The summed E-state index contributed by atoms with van der Waals surface area (Å²) in [6.07, 6.45) is 0. The van der Waals surface area contributed by atoms with Crippen LogP contribution in [0.1, 0.15) is 46.8 Å². The molecule has 6 aromatic rings. The van der Waals surface area contributed by atoms with Gasteiger partial charge in [-0.15, -0.1) is 10.2 Å². The molecular weight excluding hydrogens is 538 g/mol. The lowest BCUT2D eigenvalue weighted by molar-refractivity contribution is 0.0951. The fourth-order valence-electron chi connectivity index (χ4n) is 5.32. The number of tetrazole rings is 1. The number of aromatic nitrogens is 6. The van der Waals surface area contributed by atoms with Crippen LogP contribution in [0.5, 0.6) is 6.01 Å². The van der Waals surface area contributed by atoms with Gasteiger partial charge in [-0.3, -0.25) is 9.36 Å². The Hall–Kier alpha value is -5.31. The summed E-state index contributed by atoms with van der Waals surface area (Å²) >= 11 is 0. The average Bonchev–Trinajstić information content (AvgIpc) is 3.70. The Kier molecular flexibility index (Phi) is 7.95. The van der Waals surface area contributed by atoms with Gasteiger partial charge in [-0.2, -0.15) is 10.2 Å². The second kappa shape index (κ2) is 12.3. The zero-order valence-electron chi connectivity index (χ0n) is 24.4. The quantitative estimate of drug-likeness (QED) is 0.203. The zero-order chi connectivity index (χ0) is 29.8. The highest BCUT2D eigenvalue weighted by atomic mass is 16.5. The lowest BCUT2D eigenvalue weighted by Gasteiger charge is -2.14. The number of hydrogen-bond donors (Lipinski definition) is 2. The number of H-pyrrole nitrogens is 1. The van der Waals surface area contributed by atoms with E-state index in [0.29, 0.717) is 37.1 Å². The summed E-state index contributed by atoms with van der Waals surface area (Å²) in [7, 11) is 0. The van der Waals surface area contributed by atoms with Crippen LogP contribution in [0.4, 0.5) is 0 Å². The predicted molar refractivity (Wildman–Crippen MR) is 167 cm³/mol. The monoisotopic (exact) mass is 571 g/mol. The Balaban J connectivity index is 1.27. The van der Waals surface area contributed by atoms with Gasteiger partial charge in [-0.05, 0) is 64.9 Å². The molecule has 9 nitrogen and oxygen atoms in total. The molecule has 6 rings (SSSR count). The number of imidazole rings is 1. The normalized spacial score (nSPS) is 11.9. The standard InChI is InChI=1S/C34H33N7O2/c1-4-43-34-36-31-22(2)18-27(33(42)35-20-23(3)25-10-6-5-7-11-25)19-30(31)41(34)21-24-14-16-26(17-15-24)28-12-8-9-13-29(28)32-37-39-40-38-32/h5-19,23H,4,20-21H2,1-3H3,(H,35,42)(H,37,38,39,40)/t23-/m1/s1. The first-order valence-electron chi connectivity index (χ1n) is 14.4. The van der Waals surface area contributed by atoms with Crippen molar-refractivity contribution in [3.05, 3.63) is 113 Å². The molecule has 4 aromatic carbocycles. The van der Waals surface area contributed by atoms with Gasteiger partial charge in [0.05, 0.1) is 24.2 Å². The highest BCUT2D eigenvalue weighted by Gasteiger charge is 2.18. The third-order valence-corrected chi connectivity index (χ3v) is 7.60. The minimum atomic E-state index is -0.108. The number of carbonyl (C=O) groups excluding carboxylic acids is 1. The number of hydrogen-bond acceptors (Lipinski definition) is 6. The van der Waals surface area contributed by atoms with E-state index in [1.165, 1.54) is 5.56 Å². The number of nitrogens with one attached hydrogen (secondary N) is 2. The van der Waals surface area contributed by atoms with E-state index < -0.39 is 0 Å². The van der Waals surface area contributed by atoms with Gasteiger partial charge in [0.15, 0.2) is 0 Å². The van der Waals surface area contributed by atoms with Crippen LogP contribution in [0.15, 0.2) is 91.0 Å². The lowest BCUT2D eigenvalue weighted by Crippen LogP contribution is -2.27. The van der Waals surface area contributed by atoms with Crippen LogP contribution in [0.2, 0.25) is 0 Å². The molecule has 2 heterocycles. The molecule has 43 heavy (non-hydrogen) atoms. The van der Waals surface area contributed by atoms with E-state index in [1.54, 1.807) is 0 Å². The number of amides is 1. The summed E-state index contributed by atoms with van der Waals surface area (Å²) in [4.78, 5) is 18.1. The van der Waals surface area contributed by atoms with Crippen LogP contribution in [0.25, 0.3) is 33.5 Å². The Bertz CT molecular complexity index is 1850. The van der Waals surface area contributed by atoms with Gasteiger partial charge < -0.3 is 10.1 Å². The van der Waals surface area contributed by atoms with Gasteiger partial charge in [0.2, 0.25) is 5.82 Å². The highest BCUT2D eigenvalue weighted by Crippen LogP contribution is 2.31. The minimum absolute atomic E-state index is 0.108. The number of aryl methyl sites for hydroxylation is 1. The van der Waals surface area contributed by atoms with Crippen molar-refractivity contribution in [3.63, 3.8) is 0 Å². The van der Waals surface area contributed by atoms with Crippen molar-refractivity contribution in [1.82, 2.24) is 35.5 Å². The van der Waals surface area contributed by atoms with Crippen LogP contribution in [-0.2, 0) is 6.54 Å². The molecule has 1 atom stereocenters. The van der Waals surface area contributed by atoms with E-state index in [4.69, 9.17) is 9.72 Å². The van der Waals surface area contributed by atoms with E-state index in [1.807, 2.05) is 73.0 Å². The number of rotatable bonds is 10. The molecule has 0 bridgehead atoms. The molecule has 0 saturated heterocycles. The van der Waals surface area contributed by atoms with Crippen molar-refractivity contribution in [3.8, 4) is 28.5 Å². The Labute approximate surface area is 249 Å². The maximum Gasteiger partial charge on any atom is 0.297 e. The molecule has 2 aromatic heterocycles. The number of ether oxygens (including phenoxy) is 1. The maximum absolute atomic E-state index is 13.3. The molecule has 1 amide bonds. The molecule has 0 aliphatic rings. The highest BCUT2D eigenvalue weighted by molar-refractivity contribution is 5.98. The molecule has 2 N–H and O–H groups in total. The molecule has 0 radical (unpaired) electrons. The van der Waals surface area contributed by atoms with E-state index in [2.05, 4.69) is 69.3 Å². The fraction of sp³-hybridized carbons (Fsp3) is 0.206. The van der Waals surface area contributed by atoms with Gasteiger partial charge in [0.25, 0.3) is 11.9 Å². The first-order chi connectivity index (χ1) is 21.0. The van der Waals surface area contributed by atoms with Crippen LogP contribution in [0, 0.1) is 6.92 Å². The first kappa shape index (κ1) is 27.8. The largest absolute Gasteiger partial charge is 0.465 e. The minimum Gasteiger partial charge on any atom is -0.465 e. The first-order valence-corrected chi connectivity index (χ1v) is 14.4. The summed E-state index contributed by atoms with van der Waals surface area (Å²) in [5.41, 5.74) is 8.44. The lowest BCUT2D eigenvalue weighted by atomic mass is 9.98. The molecular formula is C34H33N7O2. The summed E-state index contributed by atoms with van der Waals surface area (Å²) in [5, 5.41) is 17.7. The molecule has 0 aliphatic carbocycles. The van der Waals surface area contributed by atoms with Crippen molar-refractivity contribution in [2.45, 2.75) is 33.2 Å². The van der Waals surface area contributed by atoms with Crippen molar-refractivity contribution < 1.29 is 9.53 Å². The molecule has 0 spiro atoms. The van der Waals surface area contributed by atoms with E-state index in [0.717, 1.165) is 38.9 Å². The molecule has 216 valence electrons. The van der Waals surface area contributed by atoms with Gasteiger partial charge >= 0.3 is 0 Å². The number of carbonyl (C=O) groups is 1. The second-order valence-electron chi connectivity index (χ2n) is 10.6. The predicted octanol–water partition coefficient (Wildman–Crippen LogP) is 6.17. The SMILES string of the molecule is CCOc1nc2c(C)cc(C(=O)NC[C@@H](C)c3ccccc3)cc2n1Cc1ccc(-c2ccccc2-c2nn[nH]n2)cc1. The Morgan fingerprint density at radius 2 is 1.72 bits per heavy atom. The summed E-state index contributed by atoms with van der Waals surface area (Å²) in [5.74, 6) is 0.644. The van der Waals surface area contributed by atoms with Gasteiger partial charge in [-0.1, -0.05) is 85.8 Å². The topological polar surface area (TPSA) is 111 Å². The van der Waals surface area contributed by atoms with Crippen LogP contribution >= 0.6 is 0 Å². The smallest absolute Gasteiger partial charge is 0.297 e. The zero-order valence-corrected chi connectivity index (χ0v) is 24.4. The number of fused-ring (bicyclic) bond motifs is 1. The van der Waals surface area contributed by atoms with E-state index in [-0.39, 0.29) is 11.8 Å². The molecule has 0 fully saturated rings. The summed E-state index contributed by atoms with van der Waals surface area (Å²) < 4.78 is 8.00. The molecule has 0 aliphatic heterocycles. The third kappa shape index (κ3) is 5.88. The summed E-state index contributed by atoms with van der Waals surface area (Å²) in [6, 6.07) is 30.9. The fourth-order valence-corrected chi connectivity index (χ4v) is 5.32. The van der Waals surface area contributed by atoms with Crippen molar-refractivity contribution in [2.75, 3.05) is 13.2 Å². The van der Waals surface area contributed by atoms with E-state index in [9.17, 15) is 4.79 Å². The van der Waals surface area contributed by atoms with Crippen molar-refractivity contribution in [1.29, 1.82) is 0 Å². The van der Waals surface area contributed by atoms with Crippen LogP contribution in [0.3, 0.4) is 0 Å². The molecule has 0 saturated carbocycles.